The quantitative estimate of drug-likeness (QED) is 0.282. The van der Waals surface area contributed by atoms with Crippen LogP contribution in [0.4, 0.5) is 11.4 Å². The second kappa shape index (κ2) is 13.4. The molecule has 0 aliphatic carbocycles. The van der Waals surface area contributed by atoms with Crippen LogP contribution in [0, 0.1) is 5.92 Å². The number of rotatable bonds is 13. The van der Waals surface area contributed by atoms with Gasteiger partial charge in [0.2, 0.25) is 0 Å². The van der Waals surface area contributed by atoms with Gasteiger partial charge in [-0.3, -0.25) is 9.59 Å². The van der Waals surface area contributed by atoms with Crippen molar-refractivity contribution in [1.82, 2.24) is 0 Å². The molecular formula is C30H36N2O4. The Morgan fingerprint density at radius 2 is 1.64 bits per heavy atom. The standard InChI is InChI=1S/C30H36N2O4/c1-22(2)18-23-11-15-28(16-12-23)32(3)20-24-9-13-27(14-10-24)31-30(35)26-7-4-6-25(19-26)21-36-17-5-8-29(33)34/h4,6-7,9-16,19,22H,5,8,17-18,20-21H2,1-3H3,(H,31,35)(H,33,34). The van der Waals surface area contributed by atoms with E-state index in [1.807, 2.05) is 36.4 Å². The lowest BCUT2D eigenvalue weighted by molar-refractivity contribution is -0.137. The topological polar surface area (TPSA) is 78.9 Å². The van der Waals surface area contributed by atoms with Gasteiger partial charge in [-0.05, 0) is 71.8 Å². The highest BCUT2D eigenvalue weighted by atomic mass is 16.5. The molecule has 0 aromatic heterocycles. The van der Waals surface area contributed by atoms with Crippen LogP contribution in [-0.4, -0.2) is 30.6 Å². The highest BCUT2D eigenvalue weighted by Gasteiger charge is 2.09. The molecular weight excluding hydrogens is 452 g/mol. The molecule has 0 heterocycles. The molecule has 0 aliphatic heterocycles. The fourth-order valence-electron chi connectivity index (χ4n) is 3.94. The van der Waals surface area contributed by atoms with Crippen LogP contribution in [0.2, 0.25) is 0 Å². The maximum absolute atomic E-state index is 12.7. The lowest BCUT2D eigenvalue weighted by Gasteiger charge is -2.20. The minimum Gasteiger partial charge on any atom is -0.481 e. The molecule has 6 nitrogen and oxygen atoms in total. The maximum atomic E-state index is 12.7. The smallest absolute Gasteiger partial charge is 0.303 e. The van der Waals surface area contributed by atoms with Crippen LogP contribution in [0.3, 0.4) is 0 Å². The number of benzene rings is 3. The van der Waals surface area contributed by atoms with Crippen molar-refractivity contribution in [3.05, 3.63) is 95.1 Å². The van der Waals surface area contributed by atoms with Crippen molar-refractivity contribution in [3.63, 3.8) is 0 Å². The van der Waals surface area contributed by atoms with E-state index in [4.69, 9.17) is 9.84 Å². The third-order valence-corrected chi connectivity index (χ3v) is 5.79. The number of hydrogen-bond donors (Lipinski definition) is 2. The number of anilines is 2. The molecule has 36 heavy (non-hydrogen) atoms. The van der Waals surface area contributed by atoms with E-state index in [1.54, 1.807) is 12.1 Å². The number of aliphatic carboxylic acids is 1. The third-order valence-electron chi connectivity index (χ3n) is 5.79. The van der Waals surface area contributed by atoms with Crippen molar-refractivity contribution in [2.24, 2.45) is 5.92 Å². The molecule has 0 atom stereocenters. The molecule has 0 saturated heterocycles. The van der Waals surface area contributed by atoms with Gasteiger partial charge < -0.3 is 20.1 Å². The van der Waals surface area contributed by atoms with Gasteiger partial charge in [-0.2, -0.15) is 0 Å². The molecule has 0 saturated carbocycles. The number of nitrogens with zero attached hydrogens (tertiary/aromatic N) is 1. The van der Waals surface area contributed by atoms with E-state index in [2.05, 4.69) is 55.4 Å². The van der Waals surface area contributed by atoms with Crippen LogP contribution in [0.15, 0.2) is 72.8 Å². The zero-order chi connectivity index (χ0) is 25.9. The molecule has 2 N–H and O–H groups in total. The number of hydrogen-bond acceptors (Lipinski definition) is 4. The van der Waals surface area contributed by atoms with Gasteiger partial charge in [-0.1, -0.05) is 50.2 Å². The molecule has 0 unspecified atom stereocenters. The first-order valence-electron chi connectivity index (χ1n) is 12.4. The van der Waals surface area contributed by atoms with E-state index < -0.39 is 5.97 Å². The predicted molar refractivity (Wildman–Crippen MR) is 144 cm³/mol. The molecule has 0 radical (unpaired) electrons. The van der Waals surface area contributed by atoms with Crippen molar-refractivity contribution >= 4 is 23.3 Å². The molecule has 0 bridgehead atoms. The van der Waals surface area contributed by atoms with Crippen LogP contribution >= 0.6 is 0 Å². The molecule has 6 heteroatoms. The van der Waals surface area contributed by atoms with E-state index in [9.17, 15) is 9.59 Å². The zero-order valence-electron chi connectivity index (χ0n) is 21.4. The molecule has 3 aromatic carbocycles. The van der Waals surface area contributed by atoms with Gasteiger partial charge in [0, 0.05) is 43.6 Å². The monoisotopic (exact) mass is 488 g/mol. The first-order chi connectivity index (χ1) is 17.3. The van der Waals surface area contributed by atoms with Crippen molar-refractivity contribution in [1.29, 1.82) is 0 Å². The van der Waals surface area contributed by atoms with Gasteiger partial charge in [0.1, 0.15) is 0 Å². The fourth-order valence-corrected chi connectivity index (χ4v) is 3.94. The average Bonchev–Trinajstić information content (AvgIpc) is 2.85. The average molecular weight is 489 g/mol. The number of carboxylic acid groups (broad SMARTS) is 1. The van der Waals surface area contributed by atoms with Gasteiger partial charge in [-0.15, -0.1) is 0 Å². The normalized spacial score (nSPS) is 10.9. The van der Waals surface area contributed by atoms with Crippen molar-refractivity contribution < 1.29 is 19.4 Å². The Balaban J connectivity index is 1.50. The Morgan fingerprint density at radius 3 is 2.31 bits per heavy atom. The fraction of sp³-hybridized carbons (Fsp3) is 0.333. The van der Waals surface area contributed by atoms with Gasteiger partial charge >= 0.3 is 5.97 Å². The number of amides is 1. The summed E-state index contributed by atoms with van der Waals surface area (Å²) in [6.45, 7) is 5.94. The summed E-state index contributed by atoms with van der Waals surface area (Å²) in [6, 6.07) is 23.9. The van der Waals surface area contributed by atoms with Crippen molar-refractivity contribution in [2.75, 3.05) is 23.9 Å². The lowest BCUT2D eigenvalue weighted by atomic mass is 10.0. The largest absolute Gasteiger partial charge is 0.481 e. The summed E-state index contributed by atoms with van der Waals surface area (Å²) in [7, 11) is 2.08. The first kappa shape index (κ1) is 27.0. The highest BCUT2D eigenvalue weighted by Crippen LogP contribution is 2.19. The Hall–Kier alpha value is -3.64. The van der Waals surface area contributed by atoms with E-state index in [0.29, 0.717) is 31.1 Å². The van der Waals surface area contributed by atoms with Crippen LogP contribution in [0.5, 0.6) is 0 Å². The summed E-state index contributed by atoms with van der Waals surface area (Å²) in [5.74, 6) is -0.370. The number of carbonyl (C=O) groups excluding carboxylic acids is 1. The van der Waals surface area contributed by atoms with E-state index in [-0.39, 0.29) is 12.3 Å². The molecule has 3 aromatic rings. The minimum absolute atomic E-state index is 0.0864. The summed E-state index contributed by atoms with van der Waals surface area (Å²) in [6.07, 6.45) is 1.64. The van der Waals surface area contributed by atoms with E-state index in [1.165, 1.54) is 11.3 Å². The second-order valence-corrected chi connectivity index (χ2v) is 9.52. The Kier molecular flexibility index (Phi) is 10.1. The minimum atomic E-state index is -0.830. The molecule has 0 aliphatic rings. The van der Waals surface area contributed by atoms with Gasteiger partial charge in [0.25, 0.3) is 5.91 Å². The van der Waals surface area contributed by atoms with Crippen LogP contribution in [0.1, 0.15) is 53.7 Å². The van der Waals surface area contributed by atoms with Crippen LogP contribution in [-0.2, 0) is 29.1 Å². The predicted octanol–water partition coefficient (Wildman–Crippen LogP) is 6.16. The van der Waals surface area contributed by atoms with Crippen molar-refractivity contribution in [3.8, 4) is 0 Å². The lowest BCUT2D eigenvalue weighted by Crippen LogP contribution is -2.16. The SMILES string of the molecule is CC(C)Cc1ccc(N(C)Cc2ccc(NC(=O)c3cccc(COCCCC(=O)O)c3)cc2)cc1. The Labute approximate surface area is 213 Å². The number of carboxylic acids is 1. The summed E-state index contributed by atoms with van der Waals surface area (Å²) < 4.78 is 5.52. The van der Waals surface area contributed by atoms with Crippen LogP contribution < -0.4 is 10.2 Å². The van der Waals surface area contributed by atoms with Gasteiger partial charge in [-0.25, -0.2) is 0 Å². The van der Waals surface area contributed by atoms with Crippen LogP contribution in [0.25, 0.3) is 0 Å². The summed E-state index contributed by atoms with van der Waals surface area (Å²) >= 11 is 0. The summed E-state index contributed by atoms with van der Waals surface area (Å²) in [5, 5.41) is 11.6. The van der Waals surface area contributed by atoms with E-state index in [0.717, 1.165) is 29.8 Å². The second-order valence-electron chi connectivity index (χ2n) is 9.52. The third kappa shape index (κ3) is 8.86. The number of carbonyl (C=O) groups is 2. The van der Waals surface area contributed by atoms with Gasteiger partial charge in [0.05, 0.1) is 6.61 Å². The molecule has 0 spiro atoms. The Morgan fingerprint density at radius 1 is 0.944 bits per heavy atom. The highest BCUT2D eigenvalue weighted by molar-refractivity contribution is 6.04. The van der Waals surface area contributed by atoms with E-state index >= 15 is 0 Å². The Bertz CT molecular complexity index is 1120. The first-order valence-corrected chi connectivity index (χ1v) is 12.4. The maximum Gasteiger partial charge on any atom is 0.303 e. The molecule has 190 valence electrons. The molecule has 1 amide bonds. The molecule has 3 rings (SSSR count). The summed E-state index contributed by atoms with van der Waals surface area (Å²) in [5.41, 5.74) is 5.84. The van der Waals surface area contributed by atoms with Crippen molar-refractivity contribution in [2.45, 2.75) is 46.3 Å². The van der Waals surface area contributed by atoms with Gasteiger partial charge in [0.15, 0.2) is 0 Å². The summed E-state index contributed by atoms with van der Waals surface area (Å²) in [4.78, 5) is 25.5. The number of nitrogens with one attached hydrogen (secondary N) is 1. The number of ether oxygens (including phenoxy) is 1. The molecule has 0 fully saturated rings. The zero-order valence-corrected chi connectivity index (χ0v) is 21.4.